The molecule has 0 heterocycles. The fourth-order valence-corrected chi connectivity index (χ4v) is 1.98. The van der Waals surface area contributed by atoms with Crippen LogP contribution >= 0.6 is 0 Å². The van der Waals surface area contributed by atoms with Crippen LogP contribution in [0.1, 0.15) is 26.7 Å². The Morgan fingerprint density at radius 3 is 2.44 bits per heavy atom. The smallest absolute Gasteiger partial charge is 0.108 e. The summed E-state index contributed by atoms with van der Waals surface area (Å²) < 4.78 is 5.07. The highest BCUT2D eigenvalue weighted by Crippen LogP contribution is 2.25. The first-order chi connectivity index (χ1) is 7.51. The number of nitrogens with one attached hydrogen (secondary N) is 1. The highest BCUT2D eigenvalue weighted by Gasteiger charge is 2.41. The molecule has 3 N–H and O–H groups in total. The van der Waals surface area contributed by atoms with E-state index in [9.17, 15) is 10.2 Å². The van der Waals surface area contributed by atoms with E-state index in [2.05, 4.69) is 4.99 Å². The molecule has 1 saturated carbocycles. The van der Waals surface area contributed by atoms with Gasteiger partial charge < -0.3 is 20.4 Å². The van der Waals surface area contributed by atoms with E-state index in [0.29, 0.717) is 24.3 Å². The summed E-state index contributed by atoms with van der Waals surface area (Å²) in [5, 5.41) is 27.0. The maximum Gasteiger partial charge on any atom is 0.108 e. The van der Waals surface area contributed by atoms with Crippen molar-refractivity contribution in [1.82, 2.24) is 0 Å². The fourth-order valence-electron chi connectivity index (χ4n) is 1.98. The summed E-state index contributed by atoms with van der Waals surface area (Å²) in [5.74, 6) is 0. The van der Waals surface area contributed by atoms with Crippen molar-refractivity contribution >= 4 is 11.4 Å². The Balaban J connectivity index is 2.79. The van der Waals surface area contributed by atoms with Crippen molar-refractivity contribution in [3.8, 4) is 0 Å². The highest BCUT2D eigenvalue weighted by atomic mass is 16.5. The summed E-state index contributed by atoms with van der Waals surface area (Å²) in [7, 11) is 1.51. The minimum atomic E-state index is -0.897. The molecule has 4 atom stereocenters. The van der Waals surface area contributed by atoms with Crippen molar-refractivity contribution in [2.75, 3.05) is 7.11 Å². The molecule has 0 radical (unpaired) electrons. The van der Waals surface area contributed by atoms with Gasteiger partial charge in [0.05, 0.1) is 17.9 Å². The molecule has 1 aliphatic carbocycles. The minimum absolute atomic E-state index is 0.366. The Morgan fingerprint density at radius 2 is 2.06 bits per heavy atom. The first-order valence-corrected chi connectivity index (χ1v) is 5.52. The molecule has 1 fully saturated rings. The van der Waals surface area contributed by atoms with Crippen LogP contribution in [0.3, 0.4) is 0 Å². The summed E-state index contributed by atoms with van der Waals surface area (Å²) in [6, 6.07) is -0.366. The molecule has 0 saturated heterocycles. The number of rotatable bonds is 4. The maximum atomic E-state index is 9.78. The molecule has 0 aromatic rings. The normalized spacial score (nSPS) is 35.4. The van der Waals surface area contributed by atoms with Crippen molar-refractivity contribution in [2.24, 2.45) is 4.99 Å². The molecule has 0 bridgehead atoms. The molecule has 1 aliphatic rings. The van der Waals surface area contributed by atoms with Crippen LogP contribution in [0, 0.1) is 5.41 Å². The van der Waals surface area contributed by atoms with Crippen LogP contribution in [0.5, 0.6) is 0 Å². The van der Waals surface area contributed by atoms with Crippen LogP contribution in [-0.2, 0) is 4.74 Å². The van der Waals surface area contributed by atoms with Crippen molar-refractivity contribution < 1.29 is 14.9 Å². The van der Waals surface area contributed by atoms with Crippen molar-refractivity contribution in [1.29, 1.82) is 5.41 Å². The lowest BCUT2D eigenvalue weighted by molar-refractivity contribution is -0.0379. The molecule has 92 valence electrons. The Morgan fingerprint density at radius 1 is 1.44 bits per heavy atom. The van der Waals surface area contributed by atoms with Gasteiger partial charge in [-0.05, 0) is 13.3 Å². The number of aliphatic imine (C=N–C) groups is 1. The molecule has 0 amide bonds. The van der Waals surface area contributed by atoms with E-state index in [0.717, 1.165) is 0 Å². The Hall–Kier alpha value is -0.780. The average molecular weight is 228 g/mol. The van der Waals surface area contributed by atoms with Crippen LogP contribution in [0.25, 0.3) is 0 Å². The lowest BCUT2D eigenvalue weighted by Gasteiger charge is -2.14. The van der Waals surface area contributed by atoms with Gasteiger partial charge in [0.1, 0.15) is 12.2 Å². The Labute approximate surface area is 95.7 Å². The largest absolute Gasteiger partial charge is 0.388 e. The Kier molecular flexibility index (Phi) is 4.58. The molecule has 0 spiro atoms. The van der Waals surface area contributed by atoms with E-state index in [1.54, 1.807) is 6.92 Å². The zero-order valence-electron chi connectivity index (χ0n) is 9.97. The van der Waals surface area contributed by atoms with Gasteiger partial charge in [0.25, 0.3) is 0 Å². The number of hydrogen-bond acceptors (Lipinski definition) is 5. The van der Waals surface area contributed by atoms with Crippen molar-refractivity contribution in [2.45, 2.75) is 51.0 Å². The van der Waals surface area contributed by atoms with Gasteiger partial charge in [0.2, 0.25) is 0 Å². The number of ether oxygens (including phenoxy) is 1. The third-order valence-electron chi connectivity index (χ3n) is 2.99. The van der Waals surface area contributed by atoms with E-state index in [1.807, 2.05) is 6.92 Å². The molecule has 1 rings (SSSR count). The molecule has 0 aromatic carbocycles. The van der Waals surface area contributed by atoms with E-state index in [4.69, 9.17) is 10.1 Å². The molecule has 0 aromatic heterocycles. The second-order valence-corrected chi connectivity index (χ2v) is 4.11. The van der Waals surface area contributed by atoms with Crippen molar-refractivity contribution in [3.05, 3.63) is 0 Å². The van der Waals surface area contributed by atoms with Crippen molar-refractivity contribution in [3.63, 3.8) is 0 Å². The SMILES string of the molecule is CCC(=NC1CC(OC)C(O)C1O)C(C)=N. The third kappa shape index (κ3) is 2.66. The number of hydrogen-bond donors (Lipinski definition) is 3. The third-order valence-corrected chi connectivity index (χ3v) is 2.99. The summed E-state index contributed by atoms with van der Waals surface area (Å²) >= 11 is 0. The van der Waals surface area contributed by atoms with E-state index >= 15 is 0 Å². The van der Waals surface area contributed by atoms with E-state index in [-0.39, 0.29) is 12.1 Å². The lowest BCUT2D eigenvalue weighted by Crippen LogP contribution is -2.33. The van der Waals surface area contributed by atoms with Gasteiger partial charge in [-0.3, -0.25) is 4.99 Å². The fraction of sp³-hybridized carbons (Fsp3) is 0.818. The van der Waals surface area contributed by atoms with E-state index < -0.39 is 12.2 Å². The number of nitrogens with zero attached hydrogens (tertiary/aromatic N) is 1. The first-order valence-electron chi connectivity index (χ1n) is 5.52. The molecule has 16 heavy (non-hydrogen) atoms. The quantitative estimate of drug-likeness (QED) is 0.608. The monoisotopic (exact) mass is 228 g/mol. The first kappa shape index (κ1) is 13.3. The van der Waals surface area contributed by atoms with Crippen LogP contribution in [0.4, 0.5) is 0 Å². The van der Waals surface area contributed by atoms with E-state index in [1.165, 1.54) is 7.11 Å². The molecular formula is C11H20N2O3. The number of methoxy groups -OCH3 is 1. The van der Waals surface area contributed by atoms with Crippen LogP contribution in [0.15, 0.2) is 4.99 Å². The van der Waals surface area contributed by atoms with Gasteiger partial charge in [-0.15, -0.1) is 0 Å². The van der Waals surface area contributed by atoms with Crippen LogP contribution < -0.4 is 0 Å². The Bertz CT molecular complexity index is 291. The average Bonchev–Trinajstić information content (AvgIpc) is 2.52. The van der Waals surface area contributed by atoms with Gasteiger partial charge in [0, 0.05) is 19.2 Å². The minimum Gasteiger partial charge on any atom is -0.388 e. The number of aliphatic hydroxyl groups excluding tert-OH is 2. The second kappa shape index (κ2) is 5.52. The molecular weight excluding hydrogens is 208 g/mol. The maximum absolute atomic E-state index is 9.78. The van der Waals surface area contributed by atoms with Gasteiger partial charge in [-0.1, -0.05) is 6.92 Å². The predicted molar refractivity (Wildman–Crippen MR) is 62.3 cm³/mol. The zero-order valence-corrected chi connectivity index (χ0v) is 9.97. The van der Waals surface area contributed by atoms with Crippen LogP contribution in [-0.4, -0.2) is 53.1 Å². The topological polar surface area (TPSA) is 85.9 Å². The standard InChI is InChI=1S/C11H20N2O3/c1-4-7(6(2)12)13-8-5-9(16-3)11(15)10(8)14/h8-12,14-15H,4-5H2,1-3H3. The molecule has 0 aliphatic heterocycles. The summed E-state index contributed by atoms with van der Waals surface area (Å²) in [6.45, 7) is 3.59. The van der Waals surface area contributed by atoms with Gasteiger partial charge in [0.15, 0.2) is 0 Å². The lowest BCUT2D eigenvalue weighted by atomic mass is 10.1. The number of aliphatic hydroxyl groups is 2. The van der Waals surface area contributed by atoms with Gasteiger partial charge in [-0.2, -0.15) is 0 Å². The summed E-state index contributed by atoms with van der Waals surface area (Å²) in [5.41, 5.74) is 1.08. The molecule has 4 unspecified atom stereocenters. The zero-order chi connectivity index (χ0) is 12.3. The highest BCUT2D eigenvalue weighted by molar-refractivity contribution is 6.40. The van der Waals surface area contributed by atoms with Crippen LogP contribution in [0.2, 0.25) is 0 Å². The molecule has 5 nitrogen and oxygen atoms in total. The van der Waals surface area contributed by atoms with Gasteiger partial charge >= 0.3 is 0 Å². The molecule has 5 heteroatoms. The summed E-state index contributed by atoms with van der Waals surface area (Å²) in [6.07, 6.45) is -0.997. The summed E-state index contributed by atoms with van der Waals surface area (Å²) in [4.78, 5) is 4.33. The van der Waals surface area contributed by atoms with Gasteiger partial charge in [-0.25, -0.2) is 0 Å². The second-order valence-electron chi connectivity index (χ2n) is 4.11. The predicted octanol–water partition coefficient (Wildman–Crippen LogP) is 0.386.